The van der Waals surface area contributed by atoms with Gasteiger partial charge in [-0.1, -0.05) is 37.3 Å². The molecule has 4 nitrogen and oxygen atoms in total. The SMILES string of the molecule is CCOc1cc(-c2nc3ccc4ccccc4c3c3c2CN(CC)CC3)ccc1O. The van der Waals surface area contributed by atoms with Crippen LogP contribution in [0.25, 0.3) is 32.9 Å². The highest BCUT2D eigenvalue weighted by atomic mass is 16.5. The van der Waals surface area contributed by atoms with E-state index in [-0.39, 0.29) is 5.75 Å². The van der Waals surface area contributed by atoms with Gasteiger partial charge in [-0.05, 0) is 66.1 Å². The van der Waals surface area contributed by atoms with Crippen molar-refractivity contribution in [3.8, 4) is 22.8 Å². The van der Waals surface area contributed by atoms with Crippen LogP contribution in [0.4, 0.5) is 0 Å². The lowest BCUT2D eigenvalue weighted by Crippen LogP contribution is -2.31. The van der Waals surface area contributed by atoms with E-state index in [1.165, 1.54) is 27.3 Å². The van der Waals surface area contributed by atoms with Gasteiger partial charge in [-0.2, -0.15) is 0 Å². The molecule has 1 aliphatic heterocycles. The molecule has 0 spiro atoms. The molecule has 0 fully saturated rings. The summed E-state index contributed by atoms with van der Waals surface area (Å²) in [6.07, 6.45) is 1.01. The Morgan fingerprint density at radius 1 is 1.03 bits per heavy atom. The molecule has 1 N–H and O–H groups in total. The van der Waals surface area contributed by atoms with E-state index in [1.54, 1.807) is 6.07 Å². The number of phenols is 1. The van der Waals surface area contributed by atoms with Crippen LogP contribution in [0.3, 0.4) is 0 Å². The lowest BCUT2D eigenvalue weighted by atomic mass is 9.89. The van der Waals surface area contributed by atoms with Crippen molar-refractivity contribution >= 4 is 21.7 Å². The predicted octanol–water partition coefficient (Wildman–Crippen LogP) is 5.54. The van der Waals surface area contributed by atoms with Crippen molar-refractivity contribution in [1.29, 1.82) is 0 Å². The minimum absolute atomic E-state index is 0.163. The van der Waals surface area contributed by atoms with Crippen molar-refractivity contribution in [2.75, 3.05) is 19.7 Å². The number of aromatic nitrogens is 1. The number of likely N-dealkylation sites (N-methyl/N-ethyl adjacent to an activating group) is 1. The molecule has 0 aliphatic carbocycles. The molecular formula is C26H26N2O2. The lowest BCUT2D eigenvalue weighted by Gasteiger charge is -2.30. The highest BCUT2D eigenvalue weighted by Gasteiger charge is 2.24. The first-order valence-corrected chi connectivity index (χ1v) is 10.7. The Hall–Kier alpha value is -3.11. The van der Waals surface area contributed by atoms with Crippen LogP contribution >= 0.6 is 0 Å². The Morgan fingerprint density at radius 2 is 1.90 bits per heavy atom. The monoisotopic (exact) mass is 398 g/mol. The molecule has 0 bridgehead atoms. The third-order valence-electron chi connectivity index (χ3n) is 6.13. The quantitative estimate of drug-likeness (QED) is 0.459. The third kappa shape index (κ3) is 3.08. The summed E-state index contributed by atoms with van der Waals surface area (Å²) in [5, 5.41) is 14.0. The number of benzene rings is 3. The minimum Gasteiger partial charge on any atom is -0.504 e. The van der Waals surface area contributed by atoms with Crippen LogP contribution in [-0.2, 0) is 13.0 Å². The number of phenolic OH excluding ortho intramolecular Hbond substituents is 1. The molecule has 1 aliphatic rings. The summed E-state index contributed by atoms with van der Waals surface area (Å²) in [4.78, 5) is 7.61. The number of ether oxygens (including phenoxy) is 1. The molecule has 0 atom stereocenters. The van der Waals surface area contributed by atoms with Crippen molar-refractivity contribution < 1.29 is 9.84 Å². The Balaban J connectivity index is 1.81. The lowest BCUT2D eigenvalue weighted by molar-refractivity contribution is 0.269. The number of nitrogens with zero attached hydrogens (tertiary/aromatic N) is 2. The molecule has 5 rings (SSSR count). The van der Waals surface area contributed by atoms with Crippen LogP contribution in [0.1, 0.15) is 25.0 Å². The van der Waals surface area contributed by atoms with Crippen LogP contribution < -0.4 is 4.74 Å². The zero-order valence-electron chi connectivity index (χ0n) is 17.5. The molecule has 0 unspecified atom stereocenters. The fourth-order valence-corrected chi connectivity index (χ4v) is 4.61. The first-order chi connectivity index (χ1) is 14.7. The van der Waals surface area contributed by atoms with Gasteiger partial charge in [0.15, 0.2) is 11.5 Å². The highest BCUT2D eigenvalue weighted by Crippen LogP contribution is 2.39. The van der Waals surface area contributed by atoms with Crippen molar-refractivity contribution in [1.82, 2.24) is 9.88 Å². The fraction of sp³-hybridized carbons (Fsp3) is 0.269. The second kappa shape index (κ2) is 7.62. The molecule has 0 amide bonds. The number of fused-ring (bicyclic) bond motifs is 5. The molecule has 4 aromatic rings. The predicted molar refractivity (Wildman–Crippen MR) is 122 cm³/mol. The van der Waals surface area contributed by atoms with E-state index in [4.69, 9.17) is 9.72 Å². The highest BCUT2D eigenvalue weighted by molar-refractivity contribution is 6.09. The maximum Gasteiger partial charge on any atom is 0.161 e. The van der Waals surface area contributed by atoms with Crippen molar-refractivity contribution in [2.24, 2.45) is 0 Å². The third-order valence-corrected chi connectivity index (χ3v) is 6.13. The van der Waals surface area contributed by atoms with E-state index in [0.717, 1.165) is 42.8 Å². The Bertz CT molecular complexity index is 1250. The summed E-state index contributed by atoms with van der Waals surface area (Å²) in [7, 11) is 0. The van der Waals surface area contributed by atoms with Crippen LogP contribution in [0.2, 0.25) is 0 Å². The molecular weight excluding hydrogens is 372 g/mol. The Kier molecular flexibility index (Phi) is 4.80. The van der Waals surface area contributed by atoms with E-state index in [0.29, 0.717) is 12.4 Å². The van der Waals surface area contributed by atoms with E-state index in [1.807, 2.05) is 19.1 Å². The summed E-state index contributed by atoms with van der Waals surface area (Å²) in [5.41, 5.74) is 5.70. The van der Waals surface area contributed by atoms with Gasteiger partial charge in [-0.15, -0.1) is 0 Å². The van der Waals surface area contributed by atoms with Gasteiger partial charge in [0, 0.05) is 24.0 Å². The second-order valence-corrected chi connectivity index (χ2v) is 7.83. The van der Waals surface area contributed by atoms with E-state index >= 15 is 0 Å². The maximum absolute atomic E-state index is 10.2. The number of pyridine rings is 1. The van der Waals surface area contributed by atoms with Gasteiger partial charge in [0.1, 0.15) is 0 Å². The fourth-order valence-electron chi connectivity index (χ4n) is 4.61. The normalized spacial score (nSPS) is 14.2. The maximum atomic E-state index is 10.2. The number of rotatable bonds is 4. The van der Waals surface area contributed by atoms with Crippen LogP contribution in [-0.4, -0.2) is 34.7 Å². The molecule has 4 heteroatoms. The molecule has 0 radical (unpaired) electrons. The van der Waals surface area contributed by atoms with Gasteiger partial charge in [0.25, 0.3) is 0 Å². The number of aromatic hydroxyl groups is 1. The van der Waals surface area contributed by atoms with Crippen molar-refractivity contribution in [2.45, 2.75) is 26.8 Å². The molecule has 3 aromatic carbocycles. The molecule has 0 saturated heterocycles. The minimum atomic E-state index is 0.163. The Labute approximate surface area is 176 Å². The van der Waals surface area contributed by atoms with Gasteiger partial charge in [-0.25, -0.2) is 4.98 Å². The number of hydrogen-bond donors (Lipinski definition) is 1. The summed E-state index contributed by atoms with van der Waals surface area (Å²) in [5.74, 6) is 0.670. The van der Waals surface area contributed by atoms with Crippen LogP contribution in [0.5, 0.6) is 11.5 Å². The van der Waals surface area contributed by atoms with E-state index in [2.05, 4.69) is 48.2 Å². The van der Waals surface area contributed by atoms with Crippen LogP contribution in [0.15, 0.2) is 54.6 Å². The summed E-state index contributed by atoms with van der Waals surface area (Å²) in [6.45, 7) is 7.61. The largest absolute Gasteiger partial charge is 0.504 e. The summed E-state index contributed by atoms with van der Waals surface area (Å²) in [6, 6.07) is 18.4. The average molecular weight is 399 g/mol. The Morgan fingerprint density at radius 3 is 2.73 bits per heavy atom. The molecule has 1 aromatic heterocycles. The van der Waals surface area contributed by atoms with E-state index < -0.39 is 0 Å². The first-order valence-electron chi connectivity index (χ1n) is 10.7. The molecule has 152 valence electrons. The van der Waals surface area contributed by atoms with Gasteiger partial charge in [0.2, 0.25) is 0 Å². The zero-order chi connectivity index (χ0) is 20.7. The smallest absolute Gasteiger partial charge is 0.161 e. The topological polar surface area (TPSA) is 45.6 Å². The molecule has 0 saturated carbocycles. The molecule has 30 heavy (non-hydrogen) atoms. The van der Waals surface area contributed by atoms with Gasteiger partial charge >= 0.3 is 0 Å². The standard InChI is InChI=1S/C26H26N2O2/c1-3-28-14-13-20-21(16-28)26(18-10-12-23(29)24(15-18)30-4-2)27-22-11-9-17-7-5-6-8-19(17)25(20)22/h5-12,15,29H,3-4,13-14,16H2,1-2H3. The van der Waals surface area contributed by atoms with E-state index in [9.17, 15) is 5.11 Å². The van der Waals surface area contributed by atoms with Crippen molar-refractivity contribution in [3.05, 3.63) is 65.7 Å². The van der Waals surface area contributed by atoms with Crippen LogP contribution in [0, 0.1) is 0 Å². The van der Waals surface area contributed by atoms with Gasteiger partial charge in [0.05, 0.1) is 17.8 Å². The van der Waals surface area contributed by atoms with Gasteiger partial charge in [-0.3, -0.25) is 4.90 Å². The average Bonchev–Trinajstić information content (AvgIpc) is 2.79. The van der Waals surface area contributed by atoms with Gasteiger partial charge < -0.3 is 9.84 Å². The summed E-state index contributed by atoms with van der Waals surface area (Å²) < 4.78 is 5.64. The van der Waals surface area contributed by atoms with Crippen molar-refractivity contribution in [3.63, 3.8) is 0 Å². The summed E-state index contributed by atoms with van der Waals surface area (Å²) >= 11 is 0. The number of hydrogen-bond acceptors (Lipinski definition) is 4. The second-order valence-electron chi connectivity index (χ2n) is 7.83. The molecule has 2 heterocycles. The zero-order valence-corrected chi connectivity index (χ0v) is 17.5. The first kappa shape index (κ1) is 18.9.